The van der Waals surface area contributed by atoms with Crippen LogP contribution in [-0.4, -0.2) is 22.6 Å². The molecule has 0 aliphatic carbocycles. The first-order valence-electron chi connectivity index (χ1n) is 8.82. The fourth-order valence-electron chi connectivity index (χ4n) is 3.20. The SMILES string of the molecule is C[Si](C)(C)CCCn1c(-c2nc3ccccc3o2)nc2ccccc21. The van der Waals surface area contributed by atoms with Crippen LogP contribution in [0.25, 0.3) is 33.8 Å². The highest BCUT2D eigenvalue weighted by Crippen LogP contribution is 2.28. The van der Waals surface area contributed by atoms with E-state index in [-0.39, 0.29) is 0 Å². The Hall–Kier alpha value is -2.40. The fourth-order valence-corrected chi connectivity index (χ4v) is 4.42. The highest BCUT2D eigenvalue weighted by molar-refractivity contribution is 6.76. The van der Waals surface area contributed by atoms with Crippen LogP contribution in [0.2, 0.25) is 25.7 Å². The molecule has 0 unspecified atom stereocenters. The van der Waals surface area contributed by atoms with Gasteiger partial charge in [-0.15, -0.1) is 0 Å². The van der Waals surface area contributed by atoms with Gasteiger partial charge in [-0.2, -0.15) is 0 Å². The zero-order valence-corrected chi connectivity index (χ0v) is 16.0. The molecule has 4 nitrogen and oxygen atoms in total. The van der Waals surface area contributed by atoms with Gasteiger partial charge in [-0.25, -0.2) is 9.97 Å². The Bertz CT molecular complexity index is 993. The van der Waals surface area contributed by atoms with E-state index >= 15 is 0 Å². The molecule has 128 valence electrons. The zero-order valence-electron chi connectivity index (χ0n) is 15.0. The second kappa shape index (κ2) is 6.15. The van der Waals surface area contributed by atoms with Gasteiger partial charge < -0.3 is 8.98 Å². The minimum Gasteiger partial charge on any atom is -0.434 e. The summed E-state index contributed by atoms with van der Waals surface area (Å²) in [4.78, 5) is 9.47. The molecule has 4 aromatic rings. The molecule has 2 heterocycles. The summed E-state index contributed by atoms with van der Waals surface area (Å²) in [7, 11) is -1.05. The Balaban J connectivity index is 1.78. The summed E-state index contributed by atoms with van der Waals surface area (Å²) < 4.78 is 8.25. The predicted octanol–water partition coefficient (Wildman–Crippen LogP) is 5.57. The van der Waals surface area contributed by atoms with Crippen LogP contribution in [0.5, 0.6) is 0 Å². The van der Waals surface area contributed by atoms with E-state index < -0.39 is 8.07 Å². The number of hydrogen-bond acceptors (Lipinski definition) is 3. The Morgan fingerprint density at radius 2 is 1.64 bits per heavy atom. The predicted molar refractivity (Wildman–Crippen MR) is 106 cm³/mol. The first kappa shape index (κ1) is 16.1. The average Bonchev–Trinajstić information content (AvgIpc) is 3.15. The van der Waals surface area contributed by atoms with E-state index in [1.54, 1.807) is 0 Å². The maximum atomic E-state index is 5.99. The van der Waals surface area contributed by atoms with Gasteiger partial charge in [-0.1, -0.05) is 50.0 Å². The van der Waals surface area contributed by atoms with E-state index in [9.17, 15) is 0 Å². The Kier molecular flexibility index (Phi) is 3.96. The van der Waals surface area contributed by atoms with Crippen LogP contribution in [0.15, 0.2) is 52.9 Å². The van der Waals surface area contributed by atoms with Gasteiger partial charge in [-0.05, 0) is 30.7 Å². The van der Waals surface area contributed by atoms with Crippen molar-refractivity contribution in [1.82, 2.24) is 14.5 Å². The van der Waals surface area contributed by atoms with Crippen molar-refractivity contribution in [3.05, 3.63) is 48.5 Å². The van der Waals surface area contributed by atoms with Crippen molar-refractivity contribution in [3.8, 4) is 11.7 Å². The number of benzene rings is 2. The third-order valence-corrected chi connectivity index (χ3v) is 6.30. The van der Waals surface area contributed by atoms with Gasteiger partial charge in [0.05, 0.1) is 11.0 Å². The van der Waals surface area contributed by atoms with Crippen LogP contribution >= 0.6 is 0 Å². The number of aryl methyl sites for hydroxylation is 1. The third-order valence-electron chi connectivity index (χ3n) is 4.45. The van der Waals surface area contributed by atoms with Crippen molar-refractivity contribution in [2.75, 3.05) is 0 Å². The number of fused-ring (bicyclic) bond motifs is 2. The van der Waals surface area contributed by atoms with E-state index in [2.05, 4.69) is 47.4 Å². The van der Waals surface area contributed by atoms with Gasteiger partial charge in [0.25, 0.3) is 5.89 Å². The van der Waals surface area contributed by atoms with Crippen molar-refractivity contribution < 1.29 is 4.42 Å². The van der Waals surface area contributed by atoms with Crippen LogP contribution in [-0.2, 0) is 6.54 Å². The van der Waals surface area contributed by atoms with E-state index in [1.807, 2.05) is 30.3 Å². The molecule has 2 aromatic heterocycles. The standard InChI is InChI=1S/C20H23N3OSi/c1-25(2,3)14-8-13-23-17-11-6-4-9-15(17)21-19(23)20-22-16-10-5-7-12-18(16)24-20/h4-7,9-12H,8,13-14H2,1-3H3. The number of hydrogen-bond donors (Lipinski definition) is 0. The van der Waals surface area contributed by atoms with Crippen molar-refractivity contribution >= 4 is 30.2 Å². The summed E-state index contributed by atoms with van der Waals surface area (Å²) in [6.07, 6.45) is 1.16. The molecule has 0 N–H and O–H groups in total. The average molecular weight is 350 g/mol. The molecule has 2 aromatic carbocycles. The molecule has 0 atom stereocenters. The van der Waals surface area contributed by atoms with Crippen LogP contribution in [0.3, 0.4) is 0 Å². The molecular formula is C20H23N3OSi. The van der Waals surface area contributed by atoms with Crippen LogP contribution in [0, 0.1) is 0 Å². The molecule has 0 spiro atoms. The molecular weight excluding hydrogens is 326 g/mol. The van der Waals surface area contributed by atoms with Crippen LogP contribution < -0.4 is 0 Å². The molecule has 0 saturated heterocycles. The third kappa shape index (κ3) is 3.24. The Morgan fingerprint density at radius 3 is 2.40 bits per heavy atom. The van der Waals surface area contributed by atoms with E-state index in [1.165, 1.54) is 6.04 Å². The molecule has 4 rings (SSSR count). The number of imidazole rings is 1. The van der Waals surface area contributed by atoms with Crippen molar-refractivity contribution in [2.24, 2.45) is 0 Å². The lowest BCUT2D eigenvalue weighted by molar-refractivity contribution is 0.598. The maximum Gasteiger partial charge on any atom is 0.264 e. The van der Waals surface area contributed by atoms with Crippen molar-refractivity contribution in [1.29, 1.82) is 0 Å². The van der Waals surface area contributed by atoms with Gasteiger partial charge in [0.15, 0.2) is 11.4 Å². The normalized spacial score (nSPS) is 12.3. The number of para-hydroxylation sites is 4. The number of nitrogens with zero attached hydrogens (tertiary/aromatic N) is 3. The second-order valence-electron chi connectivity index (χ2n) is 7.73. The van der Waals surface area contributed by atoms with Gasteiger partial charge in [0.1, 0.15) is 5.52 Å². The molecule has 0 aliphatic rings. The summed E-state index contributed by atoms with van der Waals surface area (Å²) in [6.45, 7) is 8.20. The fraction of sp³-hybridized carbons (Fsp3) is 0.300. The molecule has 0 amide bonds. The number of rotatable bonds is 5. The summed E-state index contributed by atoms with van der Waals surface area (Å²) in [5.74, 6) is 1.43. The molecule has 0 bridgehead atoms. The lowest BCUT2D eigenvalue weighted by Crippen LogP contribution is -2.19. The topological polar surface area (TPSA) is 43.9 Å². The molecule has 0 fully saturated rings. The first-order chi connectivity index (χ1) is 12.0. The summed E-state index contributed by atoms with van der Waals surface area (Å²) in [6, 6.07) is 17.4. The molecule has 0 saturated carbocycles. The Labute approximate surface area is 148 Å². The largest absolute Gasteiger partial charge is 0.434 e. The lowest BCUT2D eigenvalue weighted by Gasteiger charge is -2.16. The maximum absolute atomic E-state index is 5.99. The molecule has 5 heteroatoms. The van der Waals surface area contributed by atoms with Crippen molar-refractivity contribution in [2.45, 2.75) is 38.7 Å². The lowest BCUT2D eigenvalue weighted by atomic mass is 10.3. The highest BCUT2D eigenvalue weighted by Gasteiger charge is 2.19. The van der Waals surface area contributed by atoms with Gasteiger partial charge in [0.2, 0.25) is 0 Å². The monoisotopic (exact) mass is 349 g/mol. The van der Waals surface area contributed by atoms with Gasteiger partial charge >= 0.3 is 0 Å². The molecule has 0 radical (unpaired) electrons. The summed E-state index contributed by atoms with van der Waals surface area (Å²) in [5, 5.41) is 0. The van der Waals surface area contributed by atoms with E-state index in [4.69, 9.17) is 9.40 Å². The van der Waals surface area contributed by atoms with Gasteiger partial charge in [-0.3, -0.25) is 0 Å². The zero-order chi connectivity index (χ0) is 17.4. The van der Waals surface area contributed by atoms with Crippen LogP contribution in [0.4, 0.5) is 0 Å². The summed E-state index contributed by atoms with van der Waals surface area (Å²) in [5.41, 5.74) is 3.82. The van der Waals surface area contributed by atoms with Gasteiger partial charge in [0, 0.05) is 14.6 Å². The number of oxazole rings is 1. The first-order valence-corrected chi connectivity index (χ1v) is 12.5. The Morgan fingerprint density at radius 1 is 0.920 bits per heavy atom. The molecule has 25 heavy (non-hydrogen) atoms. The van der Waals surface area contributed by atoms with Crippen LogP contribution in [0.1, 0.15) is 6.42 Å². The minimum atomic E-state index is -1.05. The second-order valence-corrected chi connectivity index (χ2v) is 13.3. The molecule has 0 aliphatic heterocycles. The highest BCUT2D eigenvalue weighted by atomic mass is 28.3. The summed E-state index contributed by atoms with van der Waals surface area (Å²) >= 11 is 0. The minimum absolute atomic E-state index is 0.602. The smallest absolute Gasteiger partial charge is 0.264 e. The van der Waals surface area contributed by atoms with E-state index in [0.717, 1.165) is 40.9 Å². The van der Waals surface area contributed by atoms with E-state index in [0.29, 0.717) is 5.89 Å². The quantitative estimate of drug-likeness (QED) is 0.442. The van der Waals surface area contributed by atoms with Crippen molar-refractivity contribution in [3.63, 3.8) is 0 Å². The number of aromatic nitrogens is 3.